The van der Waals surface area contributed by atoms with Gasteiger partial charge in [-0.05, 0) is 29.7 Å². The monoisotopic (exact) mass is 296 g/mol. The molecular formula is C18H20N2O2. The zero-order valence-electron chi connectivity index (χ0n) is 12.5. The molecule has 1 aliphatic rings. The van der Waals surface area contributed by atoms with Crippen molar-refractivity contribution < 1.29 is 9.53 Å². The quantitative estimate of drug-likeness (QED) is 0.919. The highest BCUT2D eigenvalue weighted by atomic mass is 16.5. The van der Waals surface area contributed by atoms with Crippen LogP contribution in [0.1, 0.15) is 17.5 Å². The highest BCUT2D eigenvalue weighted by Crippen LogP contribution is 2.18. The lowest BCUT2D eigenvalue weighted by atomic mass is 10.2. The summed E-state index contributed by atoms with van der Waals surface area (Å²) in [6.45, 7) is 2.72. The maximum Gasteiger partial charge on any atom is 0.321 e. The highest BCUT2D eigenvalue weighted by molar-refractivity contribution is 5.92. The predicted molar refractivity (Wildman–Crippen MR) is 86.7 cm³/mol. The molecule has 0 saturated carbocycles. The molecule has 1 saturated heterocycles. The smallest absolute Gasteiger partial charge is 0.321 e. The Morgan fingerprint density at radius 1 is 0.955 bits per heavy atom. The van der Waals surface area contributed by atoms with Gasteiger partial charge in [-0.1, -0.05) is 42.5 Å². The van der Waals surface area contributed by atoms with Crippen molar-refractivity contribution in [1.29, 1.82) is 0 Å². The lowest BCUT2D eigenvalue weighted by Crippen LogP contribution is -2.46. The van der Waals surface area contributed by atoms with Crippen molar-refractivity contribution in [3.8, 4) is 0 Å². The fraction of sp³-hybridized carbons (Fsp3) is 0.278. The Morgan fingerprint density at radius 2 is 1.64 bits per heavy atom. The van der Waals surface area contributed by atoms with E-state index in [0.29, 0.717) is 13.2 Å². The Balaban J connectivity index is 1.54. The molecule has 3 rings (SSSR count). The molecule has 22 heavy (non-hydrogen) atoms. The number of amides is 2. The van der Waals surface area contributed by atoms with Crippen LogP contribution in [0.25, 0.3) is 0 Å². The average molecular weight is 296 g/mol. The number of urea groups is 1. The van der Waals surface area contributed by atoms with Crippen LogP contribution in [-0.4, -0.2) is 19.1 Å². The molecule has 2 aromatic rings. The predicted octanol–water partition coefficient (Wildman–Crippen LogP) is 3.32. The van der Waals surface area contributed by atoms with Crippen molar-refractivity contribution in [3.63, 3.8) is 0 Å². The topological polar surface area (TPSA) is 41.6 Å². The van der Waals surface area contributed by atoms with Gasteiger partial charge in [0, 0.05) is 18.8 Å². The molecule has 0 spiro atoms. The van der Waals surface area contributed by atoms with Crippen LogP contribution in [0, 0.1) is 0 Å². The van der Waals surface area contributed by atoms with Crippen LogP contribution in [0.15, 0.2) is 54.6 Å². The van der Waals surface area contributed by atoms with E-state index in [1.807, 2.05) is 42.5 Å². The van der Waals surface area contributed by atoms with Crippen molar-refractivity contribution in [2.24, 2.45) is 0 Å². The summed E-state index contributed by atoms with van der Waals surface area (Å²) in [6, 6.07) is 18.1. The molecule has 4 nitrogen and oxygen atoms in total. The Morgan fingerprint density at radius 3 is 2.32 bits per heavy atom. The van der Waals surface area contributed by atoms with Crippen LogP contribution in [0.4, 0.5) is 10.5 Å². The lowest BCUT2D eigenvalue weighted by molar-refractivity contribution is 0.107. The van der Waals surface area contributed by atoms with Crippen LogP contribution in [0.3, 0.4) is 0 Å². The first-order valence-electron chi connectivity index (χ1n) is 7.59. The number of carbonyl (C=O) groups excluding carboxylic acids is 1. The van der Waals surface area contributed by atoms with Crippen molar-refractivity contribution in [2.75, 3.05) is 18.0 Å². The van der Waals surface area contributed by atoms with E-state index in [2.05, 4.69) is 17.4 Å². The van der Waals surface area contributed by atoms with Gasteiger partial charge >= 0.3 is 6.03 Å². The van der Waals surface area contributed by atoms with E-state index in [-0.39, 0.29) is 6.03 Å². The molecular weight excluding hydrogens is 276 g/mol. The molecule has 0 atom stereocenters. The first-order chi connectivity index (χ1) is 10.8. The summed E-state index contributed by atoms with van der Waals surface area (Å²) in [6.07, 6.45) is 0.980. The largest absolute Gasteiger partial charge is 0.372 e. The second-order valence-corrected chi connectivity index (χ2v) is 5.38. The summed E-state index contributed by atoms with van der Waals surface area (Å²) >= 11 is 0. The average Bonchev–Trinajstić information content (AvgIpc) is 2.57. The number of anilines is 1. The highest BCUT2D eigenvalue weighted by Gasteiger charge is 2.18. The Kier molecular flexibility index (Phi) is 4.71. The molecule has 0 radical (unpaired) electrons. The van der Waals surface area contributed by atoms with Gasteiger partial charge in [0.15, 0.2) is 0 Å². The van der Waals surface area contributed by atoms with Crippen molar-refractivity contribution >= 4 is 11.7 Å². The van der Waals surface area contributed by atoms with Crippen molar-refractivity contribution in [1.82, 2.24) is 5.32 Å². The molecule has 1 aliphatic heterocycles. The number of benzene rings is 2. The Hall–Kier alpha value is -2.33. The molecule has 2 aromatic carbocycles. The van der Waals surface area contributed by atoms with E-state index in [1.165, 1.54) is 5.56 Å². The van der Waals surface area contributed by atoms with E-state index < -0.39 is 0 Å². The molecule has 0 bridgehead atoms. The lowest BCUT2D eigenvalue weighted by Gasteiger charge is -2.27. The normalized spacial score (nSPS) is 14.7. The number of hydrogen-bond acceptors (Lipinski definition) is 2. The second kappa shape index (κ2) is 7.09. The number of rotatable bonds is 5. The fourth-order valence-electron chi connectivity index (χ4n) is 2.51. The van der Waals surface area contributed by atoms with E-state index in [9.17, 15) is 4.79 Å². The molecule has 4 heteroatoms. The molecule has 2 amide bonds. The molecule has 114 valence electrons. The Labute approximate surface area is 130 Å². The van der Waals surface area contributed by atoms with Gasteiger partial charge in [-0.15, -0.1) is 0 Å². The van der Waals surface area contributed by atoms with Crippen molar-refractivity contribution in [3.05, 3.63) is 65.7 Å². The molecule has 0 aliphatic carbocycles. The van der Waals surface area contributed by atoms with Crippen LogP contribution in [-0.2, 0) is 18.0 Å². The van der Waals surface area contributed by atoms with Crippen LogP contribution in [0.5, 0.6) is 0 Å². The third-order valence-electron chi connectivity index (χ3n) is 3.71. The van der Waals surface area contributed by atoms with E-state index in [0.717, 1.165) is 30.8 Å². The minimum Gasteiger partial charge on any atom is -0.372 e. The van der Waals surface area contributed by atoms with Crippen LogP contribution >= 0.6 is 0 Å². The maximum atomic E-state index is 11.8. The van der Waals surface area contributed by atoms with Gasteiger partial charge in [-0.3, -0.25) is 4.90 Å². The van der Waals surface area contributed by atoms with Gasteiger partial charge in [-0.25, -0.2) is 4.79 Å². The van der Waals surface area contributed by atoms with Crippen LogP contribution in [0.2, 0.25) is 0 Å². The Bertz CT molecular complexity index is 611. The SMILES string of the molecule is O=C1NCCCN1c1ccc(COCc2ccccc2)cc1. The number of nitrogens with zero attached hydrogens (tertiary/aromatic N) is 1. The summed E-state index contributed by atoms with van der Waals surface area (Å²) < 4.78 is 5.72. The third-order valence-corrected chi connectivity index (χ3v) is 3.71. The molecule has 1 N–H and O–H groups in total. The zero-order chi connectivity index (χ0) is 15.2. The van der Waals surface area contributed by atoms with E-state index >= 15 is 0 Å². The summed E-state index contributed by atoms with van der Waals surface area (Å²) in [7, 11) is 0. The summed E-state index contributed by atoms with van der Waals surface area (Å²) in [5.74, 6) is 0. The van der Waals surface area contributed by atoms with Gasteiger partial charge < -0.3 is 10.1 Å². The fourth-order valence-corrected chi connectivity index (χ4v) is 2.51. The van der Waals surface area contributed by atoms with Gasteiger partial charge in [0.05, 0.1) is 13.2 Å². The molecule has 0 aromatic heterocycles. The number of nitrogens with one attached hydrogen (secondary N) is 1. The summed E-state index contributed by atoms with van der Waals surface area (Å²) in [5, 5.41) is 2.86. The third kappa shape index (κ3) is 3.65. The number of hydrogen-bond donors (Lipinski definition) is 1. The first-order valence-corrected chi connectivity index (χ1v) is 7.59. The first kappa shape index (κ1) is 14.6. The summed E-state index contributed by atoms with van der Waals surface area (Å²) in [4.78, 5) is 13.6. The minimum absolute atomic E-state index is 0.0145. The number of ether oxygens (including phenoxy) is 1. The minimum atomic E-state index is -0.0145. The van der Waals surface area contributed by atoms with Gasteiger partial charge in [0.2, 0.25) is 0 Å². The van der Waals surface area contributed by atoms with Crippen LogP contribution < -0.4 is 10.2 Å². The molecule has 0 unspecified atom stereocenters. The van der Waals surface area contributed by atoms with Gasteiger partial charge in [-0.2, -0.15) is 0 Å². The zero-order valence-corrected chi connectivity index (χ0v) is 12.5. The molecule has 1 heterocycles. The maximum absolute atomic E-state index is 11.8. The molecule has 1 fully saturated rings. The second-order valence-electron chi connectivity index (χ2n) is 5.38. The number of carbonyl (C=O) groups is 1. The summed E-state index contributed by atoms with van der Waals surface area (Å²) in [5.41, 5.74) is 3.21. The standard InChI is InChI=1S/C18H20N2O2/c21-18-19-11-4-12-20(18)17-9-7-16(8-10-17)14-22-13-15-5-2-1-3-6-15/h1-3,5-10H,4,11-14H2,(H,19,21). The van der Waals surface area contributed by atoms with Gasteiger partial charge in [0.1, 0.15) is 0 Å². The van der Waals surface area contributed by atoms with Crippen molar-refractivity contribution in [2.45, 2.75) is 19.6 Å². The van der Waals surface area contributed by atoms with E-state index in [4.69, 9.17) is 4.74 Å². The van der Waals surface area contributed by atoms with E-state index in [1.54, 1.807) is 4.90 Å². The van der Waals surface area contributed by atoms with Gasteiger partial charge in [0.25, 0.3) is 0 Å².